The van der Waals surface area contributed by atoms with Crippen molar-refractivity contribution in [2.24, 2.45) is 0 Å². The van der Waals surface area contributed by atoms with Crippen molar-refractivity contribution < 1.29 is 28.1 Å². The molecule has 0 radical (unpaired) electrons. The first-order valence-electron chi connectivity index (χ1n) is 12.8. The molecule has 2 aromatic heterocycles. The van der Waals surface area contributed by atoms with E-state index in [0.29, 0.717) is 56.6 Å². The molecular formula is C28H27ClF3N5O3. The number of ether oxygens (including phenoxy) is 1. The minimum absolute atomic E-state index is 0.312. The number of aliphatic hydroxyl groups is 2. The molecule has 12 heteroatoms. The standard InChI is InChI=1S/C28H27ClF3N5O3/c29-22-12-18(24(39)16-38)14-33-26(22)17-4-9-21-23(13-17)35-25(15-37-10-2-1-3-11-37)36-27(21)34-19-5-7-20(8-6-19)40-28(30,31)32/h4-9,12-14,24,38-39H,1-3,10-11,15-16H2,(H,34,35,36)/t24-/m1/s1. The number of likely N-dealkylation sites (tertiary alicyclic amines) is 1. The van der Waals surface area contributed by atoms with Crippen LogP contribution in [-0.2, 0) is 6.54 Å². The van der Waals surface area contributed by atoms with Gasteiger partial charge in [0.25, 0.3) is 0 Å². The molecule has 0 bridgehead atoms. The van der Waals surface area contributed by atoms with Crippen LogP contribution < -0.4 is 10.1 Å². The number of aromatic nitrogens is 3. The molecule has 2 aromatic carbocycles. The van der Waals surface area contributed by atoms with Crippen LogP contribution in [0.2, 0.25) is 5.02 Å². The number of piperidine rings is 1. The zero-order valence-corrected chi connectivity index (χ0v) is 22.1. The highest BCUT2D eigenvalue weighted by Crippen LogP contribution is 2.33. The molecule has 0 saturated carbocycles. The Hall–Kier alpha value is -3.51. The second kappa shape index (κ2) is 11.9. The second-order valence-electron chi connectivity index (χ2n) is 9.55. The van der Waals surface area contributed by atoms with Crippen LogP contribution in [0.1, 0.15) is 36.8 Å². The molecule has 0 amide bonds. The molecular weight excluding hydrogens is 547 g/mol. The fraction of sp³-hybridized carbons (Fsp3) is 0.321. The van der Waals surface area contributed by atoms with Crippen molar-refractivity contribution in [3.63, 3.8) is 0 Å². The van der Waals surface area contributed by atoms with E-state index in [-0.39, 0.29) is 5.75 Å². The maximum absolute atomic E-state index is 12.6. The Kier molecular flexibility index (Phi) is 8.36. The van der Waals surface area contributed by atoms with Gasteiger partial charge >= 0.3 is 6.36 Å². The Morgan fingerprint density at radius 1 is 1.02 bits per heavy atom. The summed E-state index contributed by atoms with van der Waals surface area (Å²) in [6, 6.07) is 12.5. The Morgan fingerprint density at radius 3 is 2.45 bits per heavy atom. The van der Waals surface area contributed by atoms with Crippen molar-refractivity contribution in [1.29, 1.82) is 0 Å². The van der Waals surface area contributed by atoms with Crippen molar-refractivity contribution in [1.82, 2.24) is 19.9 Å². The lowest BCUT2D eigenvalue weighted by atomic mass is 10.1. The van der Waals surface area contributed by atoms with Gasteiger partial charge in [0, 0.05) is 28.4 Å². The number of fused-ring (bicyclic) bond motifs is 1. The van der Waals surface area contributed by atoms with Crippen molar-refractivity contribution in [2.75, 3.05) is 25.0 Å². The van der Waals surface area contributed by atoms with Crippen LogP contribution >= 0.6 is 11.6 Å². The van der Waals surface area contributed by atoms with E-state index < -0.39 is 19.1 Å². The van der Waals surface area contributed by atoms with Gasteiger partial charge in [0.05, 0.1) is 29.4 Å². The number of pyridine rings is 1. The third-order valence-electron chi connectivity index (χ3n) is 6.60. The monoisotopic (exact) mass is 573 g/mol. The fourth-order valence-corrected chi connectivity index (χ4v) is 4.92. The van der Waals surface area contributed by atoms with E-state index in [0.717, 1.165) is 25.9 Å². The molecule has 1 atom stereocenters. The summed E-state index contributed by atoms with van der Waals surface area (Å²) in [6.07, 6.45) is -0.964. The summed E-state index contributed by atoms with van der Waals surface area (Å²) in [7, 11) is 0. The first-order chi connectivity index (χ1) is 19.2. The number of nitrogens with one attached hydrogen (secondary N) is 1. The summed E-state index contributed by atoms with van der Waals surface area (Å²) >= 11 is 6.48. The molecule has 1 aliphatic heterocycles. The van der Waals surface area contributed by atoms with Crippen LogP contribution in [0.5, 0.6) is 5.75 Å². The van der Waals surface area contributed by atoms with Crippen LogP contribution in [0.25, 0.3) is 22.2 Å². The van der Waals surface area contributed by atoms with Gasteiger partial charge in [-0.3, -0.25) is 9.88 Å². The number of rotatable bonds is 8. The maximum Gasteiger partial charge on any atom is 0.573 e. The molecule has 0 aliphatic carbocycles. The number of anilines is 2. The van der Waals surface area contributed by atoms with E-state index in [4.69, 9.17) is 21.6 Å². The van der Waals surface area contributed by atoms with E-state index >= 15 is 0 Å². The second-order valence-corrected chi connectivity index (χ2v) is 9.96. The van der Waals surface area contributed by atoms with Gasteiger partial charge in [0.15, 0.2) is 0 Å². The van der Waals surface area contributed by atoms with E-state index in [2.05, 4.69) is 19.9 Å². The molecule has 4 aromatic rings. The SMILES string of the molecule is OC[C@@H](O)c1cnc(-c2ccc3c(Nc4ccc(OC(F)(F)F)cc4)nc(CN4CCCCC4)nc3c2)c(Cl)c1. The molecule has 1 fully saturated rings. The van der Waals surface area contributed by atoms with E-state index in [1.54, 1.807) is 6.07 Å². The summed E-state index contributed by atoms with van der Waals surface area (Å²) in [6.45, 7) is 2.02. The predicted molar refractivity (Wildman–Crippen MR) is 145 cm³/mol. The summed E-state index contributed by atoms with van der Waals surface area (Å²) in [5.74, 6) is 0.794. The predicted octanol–water partition coefficient (Wildman–Crippen LogP) is 6.00. The average Bonchev–Trinajstić information content (AvgIpc) is 2.93. The van der Waals surface area contributed by atoms with Crippen LogP contribution in [0.15, 0.2) is 54.7 Å². The van der Waals surface area contributed by atoms with E-state index in [1.807, 2.05) is 18.2 Å². The minimum atomic E-state index is -4.77. The molecule has 210 valence electrons. The molecule has 1 aliphatic rings. The topological polar surface area (TPSA) is 104 Å². The van der Waals surface area contributed by atoms with Gasteiger partial charge in [-0.1, -0.05) is 24.1 Å². The van der Waals surface area contributed by atoms with Gasteiger partial charge in [0.2, 0.25) is 0 Å². The van der Waals surface area contributed by atoms with Crippen molar-refractivity contribution in [2.45, 2.75) is 38.3 Å². The lowest BCUT2D eigenvalue weighted by Gasteiger charge is -2.25. The lowest BCUT2D eigenvalue weighted by Crippen LogP contribution is -2.30. The maximum atomic E-state index is 12.6. The summed E-state index contributed by atoms with van der Waals surface area (Å²) < 4.78 is 41.6. The molecule has 3 heterocycles. The van der Waals surface area contributed by atoms with Crippen molar-refractivity contribution in [3.8, 4) is 17.0 Å². The third kappa shape index (κ3) is 6.79. The van der Waals surface area contributed by atoms with Gasteiger partial charge in [-0.15, -0.1) is 13.2 Å². The van der Waals surface area contributed by atoms with Crippen molar-refractivity contribution >= 4 is 34.0 Å². The van der Waals surface area contributed by atoms with E-state index in [9.17, 15) is 23.4 Å². The number of hydrogen-bond acceptors (Lipinski definition) is 8. The largest absolute Gasteiger partial charge is 0.573 e. The van der Waals surface area contributed by atoms with E-state index in [1.165, 1.54) is 36.9 Å². The molecule has 0 spiro atoms. The van der Waals surface area contributed by atoms with Crippen LogP contribution in [0.3, 0.4) is 0 Å². The van der Waals surface area contributed by atoms with Crippen molar-refractivity contribution in [3.05, 3.63) is 71.1 Å². The van der Waals surface area contributed by atoms with Gasteiger partial charge in [-0.25, -0.2) is 9.97 Å². The number of halogens is 4. The van der Waals surface area contributed by atoms with Gasteiger partial charge in [-0.05, 0) is 68.4 Å². The number of benzene rings is 2. The number of nitrogens with zero attached hydrogens (tertiary/aromatic N) is 4. The third-order valence-corrected chi connectivity index (χ3v) is 6.89. The Balaban J connectivity index is 1.50. The first kappa shape index (κ1) is 28.0. The number of alkyl halides is 3. The molecule has 5 rings (SSSR count). The van der Waals surface area contributed by atoms with Gasteiger partial charge in [-0.2, -0.15) is 0 Å². The molecule has 0 unspecified atom stereocenters. The van der Waals surface area contributed by atoms with Gasteiger partial charge < -0.3 is 20.3 Å². The summed E-state index contributed by atoms with van der Waals surface area (Å²) in [5, 5.41) is 23.3. The quantitative estimate of drug-likeness (QED) is 0.236. The Bertz CT molecular complexity index is 1480. The van der Waals surface area contributed by atoms with Crippen LogP contribution in [0.4, 0.5) is 24.7 Å². The highest BCUT2D eigenvalue weighted by molar-refractivity contribution is 6.33. The first-order valence-corrected chi connectivity index (χ1v) is 13.2. The minimum Gasteiger partial charge on any atom is -0.406 e. The average molecular weight is 574 g/mol. The lowest BCUT2D eigenvalue weighted by molar-refractivity contribution is -0.274. The Labute approximate surface area is 233 Å². The Morgan fingerprint density at radius 2 is 1.77 bits per heavy atom. The molecule has 3 N–H and O–H groups in total. The highest BCUT2D eigenvalue weighted by atomic mass is 35.5. The van der Waals surface area contributed by atoms with Crippen LogP contribution in [-0.4, -0.2) is 56.1 Å². The smallest absolute Gasteiger partial charge is 0.406 e. The normalized spacial score (nSPS) is 15.2. The molecule has 40 heavy (non-hydrogen) atoms. The number of hydrogen-bond donors (Lipinski definition) is 3. The molecule has 1 saturated heterocycles. The number of aliphatic hydroxyl groups excluding tert-OH is 2. The van der Waals surface area contributed by atoms with Crippen LogP contribution in [0, 0.1) is 0 Å². The molecule has 8 nitrogen and oxygen atoms in total. The zero-order valence-electron chi connectivity index (χ0n) is 21.3. The summed E-state index contributed by atoms with van der Waals surface area (Å²) in [5.41, 5.74) is 2.76. The zero-order chi connectivity index (χ0) is 28.3. The van der Waals surface area contributed by atoms with Gasteiger partial charge in [0.1, 0.15) is 23.5 Å². The fourth-order valence-electron chi connectivity index (χ4n) is 4.64. The highest BCUT2D eigenvalue weighted by Gasteiger charge is 2.31. The summed E-state index contributed by atoms with van der Waals surface area (Å²) in [4.78, 5) is 16.3.